The maximum Gasteiger partial charge on any atom is 0.322 e. The van der Waals surface area contributed by atoms with Crippen LogP contribution in [0.2, 0.25) is 0 Å². The number of carbonyl (C=O) groups is 3. The van der Waals surface area contributed by atoms with Crippen molar-refractivity contribution in [3.05, 3.63) is 45.6 Å². The fourth-order valence-electron chi connectivity index (χ4n) is 3.59. The molecule has 2 aliphatic heterocycles. The number of benzene rings is 1. The van der Waals surface area contributed by atoms with Crippen LogP contribution in [-0.4, -0.2) is 36.3 Å². The lowest BCUT2D eigenvalue weighted by Crippen LogP contribution is -2.34. The number of urea groups is 1. The molecule has 0 bridgehead atoms. The molecule has 0 radical (unpaired) electrons. The van der Waals surface area contributed by atoms with Crippen LogP contribution >= 0.6 is 11.3 Å². The lowest BCUT2D eigenvalue weighted by Gasteiger charge is -2.24. The van der Waals surface area contributed by atoms with Gasteiger partial charge in [-0.05, 0) is 48.7 Å². The third kappa shape index (κ3) is 3.40. The van der Waals surface area contributed by atoms with Crippen LogP contribution in [0.1, 0.15) is 39.0 Å². The molecule has 27 heavy (non-hydrogen) atoms. The van der Waals surface area contributed by atoms with Crippen molar-refractivity contribution in [2.45, 2.75) is 25.3 Å². The largest absolute Gasteiger partial charge is 0.354 e. The maximum atomic E-state index is 12.8. The van der Waals surface area contributed by atoms with Gasteiger partial charge in [0.2, 0.25) is 5.91 Å². The van der Waals surface area contributed by atoms with Crippen LogP contribution in [0, 0.1) is 0 Å². The molecule has 0 saturated carbocycles. The minimum Gasteiger partial charge on any atom is -0.354 e. The average Bonchev–Trinajstić information content (AvgIpc) is 3.38. The van der Waals surface area contributed by atoms with Crippen molar-refractivity contribution < 1.29 is 14.4 Å². The Balaban J connectivity index is 1.48. The van der Waals surface area contributed by atoms with E-state index >= 15 is 0 Å². The summed E-state index contributed by atoms with van der Waals surface area (Å²) in [7, 11) is 1.61. The van der Waals surface area contributed by atoms with Crippen LogP contribution < -0.4 is 16.0 Å². The quantitative estimate of drug-likeness (QED) is 0.760. The van der Waals surface area contributed by atoms with Gasteiger partial charge in [-0.1, -0.05) is 0 Å². The number of nitrogens with zero attached hydrogens (tertiary/aromatic N) is 1. The van der Waals surface area contributed by atoms with E-state index < -0.39 is 0 Å². The van der Waals surface area contributed by atoms with Crippen LogP contribution in [-0.2, 0) is 11.2 Å². The molecule has 1 aromatic heterocycles. The Bertz CT molecular complexity index is 923. The summed E-state index contributed by atoms with van der Waals surface area (Å²) in [6, 6.07) is 8.99. The van der Waals surface area contributed by atoms with Crippen molar-refractivity contribution in [2.24, 2.45) is 0 Å². The number of thiophene rings is 1. The van der Waals surface area contributed by atoms with E-state index in [1.54, 1.807) is 19.2 Å². The van der Waals surface area contributed by atoms with E-state index in [2.05, 4.69) is 16.0 Å². The Kier molecular flexibility index (Phi) is 4.57. The number of anilines is 2. The SMILES string of the molecule is CNC(=O)c1ccc([C@H]2CCCN2C(=O)Nc2ccc3c(c2)CC(=O)N3)s1. The number of carbonyl (C=O) groups excluding carboxylic acids is 3. The molecule has 7 nitrogen and oxygen atoms in total. The Hall–Kier alpha value is -2.87. The minimum absolute atomic E-state index is 0.0222. The Morgan fingerprint density at radius 2 is 2.11 bits per heavy atom. The first-order chi connectivity index (χ1) is 13.0. The topological polar surface area (TPSA) is 90.5 Å². The molecule has 140 valence electrons. The van der Waals surface area contributed by atoms with Crippen molar-refractivity contribution in [1.29, 1.82) is 0 Å². The van der Waals surface area contributed by atoms with Gasteiger partial charge in [0.05, 0.1) is 17.3 Å². The zero-order valence-corrected chi connectivity index (χ0v) is 15.7. The first-order valence-electron chi connectivity index (χ1n) is 8.87. The zero-order chi connectivity index (χ0) is 19.0. The molecule has 0 unspecified atom stereocenters. The van der Waals surface area contributed by atoms with E-state index in [9.17, 15) is 14.4 Å². The molecule has 1 fully saturated rings. The molecular formula is C19H20N4O3S. The van der Waals surface area contributed by atoms with E-state index in [0.29, 0.717) is 23.5 Å². The molecule has 0 aliphatic carbocycles. The Morgan fingerprint density at radius 1 is 1.26 bits per heavy atom. The summed E-state index contributed by atoms with van der Waals surface area (Å²) >= 11 is 1.43. The molecule has 2 aliphatic rings. The summed E-state index contributed by atoms with van der Waals surface area (Å²) in [5.41, 5.74) is 2.37. The smallest absolute Gasteiger partial charge is 0.322 e. The molecule has 1 aromatic carbocycles. The summed E-state index contributed by atoms with van der Waals surface area (Å²) in [6.45, 7) is 0.675. The highest BCUT2D eigenvalue weighted by molar-refractivity contribution is 7.14. The van der Waals surface area contributed by atoms with Crippen LogP contribution in [0.25, 0.3) is 0 Å². The molecule has 1 atom stereocenters. The lowest BCUT2D eigenvalue weighted by atomic mass is 10.1. The standard InChI is InChI=1S/C19H20N4O3S/c1-20-18(25)16-7-6-15(27-16)14-3-2-8-23(14)19(26)21-12-4-5-13-11(9-12)10-17(24)22-13/h4-7,9,14H,2-3,8,10H2,1H3,(H,20,25)(H,21,26)(H,22,24)/t14-/m1/s1. The predicted molar refractivity (Wildman–Crippen MR) is 104 cm³/mol. The van der Waals surface area contributed by atoms with Gasteiger partial charge in [0.1, 0.15) is 0 Å². The fraction of sp³-hybridized carbons (Fsp3) is 0.316. The van der Waals surface area contributed by atoms with Crippen LogP contribution in [0.5, 0.6) is 0 Å². The molecule has 1 saturated heterocycles. The highest BCUT2D eigenvalue weighted by atomic mass is 32.1. The molecule has 2 aromatic rings. The third-order valence-electron chi connectivity index (χ3n) is 4.90. The van der Waals surface area contributed by atoms with E-state index in [0.717, 1.165) is 29.0 Å². The van der Waals surface area contributed by atoms with Gasteiger partial charge in [-0.2, -0.15) is 0 Å². The molecule has 3 N–H and O–H groups in total. The van der Waals surface area contributed by atoms with Gasteiger partial charge in [-0.3, -0.25) is 9.59 Å². The summed E-state index contributed by atoms with van der Waals surface area (Å²) in [5.74, 6) is -0.140. The summed E-state index contributed by atoms with van der Waals surface area (Å²) in [6.07, 6.45) is 2.14. The number of likely N-dealkylation sites (tertiary alicyclic amines) is 1. The van der Waals surface area contributed by atoms with Gasteiger partial charge in [0.25, 0.3) is 5.91 Å². The summed E-state index contributed by atoms with van der Waals surface area (Å²) in [5, 5.41) is 8.35. The van der Waals surface area contributed by atoms with Crippen LogP contribution in [0.4, 0.5) is 16.2 Å². The number of nitrogens with one attached hydrogen (secondary N) is 3. The van der Waals surface area contributed by atoms with Gasteiger partial charge < -0.3 is 20.9 Å². The number of hydrogen-bond acceptors (Lipinski definition) is 4. The maximum absolute atomic E-state index is 12.8. The number of hydrogen-bond donors (Lipinski definition) is 3. The number of fused-ring (bicyclic) bond motifs is 1. The molecule has 3 heterocycles. The first-order valence-corrected chi connectivity index (χ1v) is 9.69. The lowest BCUT2D eigenvalue weighted by molar-refractivity contribution is -0.115. The number of amides is 4. The third-order valence-corrected chi connectivity index (χ3v) is 6.09. The van der Waals surface area contributed by atoms with E-state index in [-0.39, 0.29) is 23.9 Å². The van der Waals surface area contributed by atoms with Crippen molar-refractivity contribution in [3.63, 3.8) is 0 Å². The predicted octanol–water partition coefficient (Wildman–Crippen LogP) is 2.97. The second kappa shape index (κ2) is 7.03. The van der Waals surface area contributed by atoms with E-state index in [4.69, 9.17) is 0 Å². The Labute approximate surface area is 160 Å². The molecule has 8 heteroatoms. The second-order valence-electron chi connectivity index (χ2n) is 6.66. The van der Waals surface area contributed by atoms with Crippen molar-refractivity contribution in [1.82, 2.24) is 10.2 Å². The highest BCUT2D eigenvalue weighted by Gasteiger charge is 2.31. The van der Waals surface area contributed by atoms with E-state index in [1.165, 1.54) is 11.3 Å². The van der Waals surface area contributed by atoms with Crippen molar-refractivity contribution >= 4 is 40.6 Å². The van der Waals surface area contributed by atoms with Gasteiger partial charge in [0, 0.05) is 29.8 Å². The van der Waals surface area contributed by atoms with Gasteiger partial charge in [-0.25, -0.2) is 4.79 Å². The summed E-state index contributed by atoms with van der Waals surface area (Å²) < 4.78 is 0. The fourth-order valence-corrected chi connectivity index (χ4v) is 4.69. The molecule has 4 rings (SSSR count). The van der Waals surface area contributed by atoms with E-state index in [1.807, 2.05) is 23.1 Å². The monoisotopic (exact) mass is 384 g/mol. The average molecular weight is 384 g/mol. The molecular weight excluding hydrogens is 364 g/mol. The van der Waals surface area contributed by atoms with Crippen LogP contribution in [0.15, 0.2) is 30.3 Å². The number of rotatable bonds is 3. The van der Waals surface area contributed by atoms with Crippen molar-refractivity contribution in [3.8, 4) is 0 Å². The Morgan fingerprint density at radius 3 is 2.93 bits per heavy atom. The van der Waals surface area contributed by atoms with Gasteiger partial charge in [0.15, 0.2) is 0 Å². The van der Waals surface area contributed by atoms with Crippen LogP contribution in [0.3, 0.4) is 0 Å². The molecule has 0 spiro atoms. The van der Waals surface area contributed by atoms with Gasteiger partial charge in [-0.15, -0.1) is 11.3 Å². The second-order valence-corrected chi connectivity index (χ2v) is 7.77. The summed E-state index contributed by atoms with van der Waals surface area (Å²) in [4.78, 5) is 39.6. The normalized spacial score (nSPS) is 18.2. The van der Waals surface area contributed by atoms with Crippen molar-refractivity contribution in [2.75, 3.05) is 24.2 Å². The zero-order valence-electron chi connectivity index (χ0n) is 14.9. The van der Waals surface area contributed by atoms with Gasteiger partial charge >= 0.3 is 6.03 Å². The first kappa shape index (κ1) is 17.5. The molecule has 4 amide bonds. The minimum atomic E-state index is -0.162. The highest BCUT2D eigenvalue weighted by Crippen LogP contribution is 2.36.